The van der Waals surface area contributed by atoms with Gasteiger partial charge in [-0.25, -0.2) is 4.68 Å². The lowest BCUT2D eigenvalue weighted by Crippen LogP contribution is -2.50. The third-order valence-electron chi connectivity index (χ3n) is 6.92. The Morgan fingerprint density at radius 1 is 0.431 bits per heavy atom. The molecule has 0 aliphatic heterocycles. The predicted octanol–water partition coefficient (Wildman–Crippen LogP) is 2.71. The maximum absolute atomic E-state index is 12.8. The molecule has 6 heterocycles. The third-order valence-corrected chi connectivity index (χ3v) is 6.92. The number of alkyl halides is 15. The van der Waals surface area contributed by atoms with Gasteiger partial charge in [0.1, 0.15) is 5.82 Å². The van der Waals surface area contributed by atoms with Crippen LogP contribution in [0.15, 0.2) is 0 Å². The third kappa shape index (κ3) is 15.5. The first-order valence-electron chi connectivity index (χ1n) is 17.2. The van der Waals surface area contributed by atoms with Crippen molar-refractivity contribution in [2.45, 2.75) is 88.2 Å². The molecule has 24 nitrogen and oxygen atoms in total. The van der Waals surface area contributed by atoms with Crippen molar-refractivity contribution in [2.24, 2.45) is 42.3 Å². The fourth-order valence-corrected chi connectivity index (χ4v) is 3.32. The van der Waals surface area contributed by atoms with Gasteiger partial charge in [-0.1, -0.05) is 20.8 Å². The van der Waals surface area contributed by atoms with Crippen LogP contribution >= 0.6 is 0 Å². The molecule has 0 radical (unpaired) electrons. The zero-order valence-electron chi connectivity index (χ0n) is 34.9. The number of rotatable bonds is 4. The fraction of sp³-hybridized carbons (Fsp3) is 0.769. The molecule has 0 amide bonds. The van der Waals surface area contributed by atoms with Gasteiger partial charge in [-0.05, 0) is 56.3 Å². The number of aromatic nitrogens is 24. The molecule has 0 bridgehead atoms. The number of hydrogen-bond donors (Lipinski definition) is 0. The Hall–Kier alpha value is -6.63. The molecular formula is C26H35F15N24. The van der Waals surface area contributed by atoms with Crippen LogP contribution in [0.3, 0.4) is 0 Å². The minimum absolute atomic E-state index is 0.00819. The van der Waals surface area contributed by atoms with Gasteiger partial charge in [0.25, 0.3) is 17.5 Å². The average molecular weight is 969 g/mol. The first-order chi connectivity index (χ1) is 29.4. The lowest BCUT2D eigenvalue weighted by Gasteiger charge is -2.25. The Kier molecular flexibility index (Phi) is 17.2. The molecule has 364 valence electrons. The summed E-state index contributed by atoms with van der Waals surface area (Å²) in [6.45, 7) is 8.03. The number of tetrazole rings is 6. The van der Waals surface area contributed by atoms with Gasteiger partial charge in [-0.2, -0.15) is 89.8 Å². The Bertz CT molecular complexity index is 2270. The zero-order valence-corrected chi connectivity index (χ0v) is 34.9. The molecule has 0 N–H and O–H groups in total. The second-order valence-electron chi connectivity index (χ2n) is 13.6. The molecule has 0 atom stereocenters. The van der Waals surface area contributed by atoms with E-state index in [0.717, 1.165) is 36.4 Å². The summed E-state index contributed by atoms with van der Waals surface area (Å²) >= 11 is 0. The van der Waals surface area contributed by atoms with Crippen LogP contribution in [0.5, 0.6) is 0 Å². The molecule has 6 aromatic heterocycles. The molecule has 1 saturated carbocycles. The van der Waals surface area contributed by atoms with Crippen molar-refractivity contribution < 1.29 is 65.9 Å². The zero-order chi connectivity index (χ0) is 50.1. The Morgan fingerprint density at radius 3 is 1.02 bits per heavy atom. The van der Waals surface area contributed by atoms with Crippen molar-refractivity contribution in [2.75, 3.05) is 0 Å². The van der Waals surface area contributed by atoms with Crippen molar-refractivity contribution in [3.8, 4) is 0 Å². The summed E-state index contributed by atoms with van der Waals surface area (Å²) in [5.74, 6) is -18.6. The van der Waals surface area contributed by atoms with Gasteiger partial charge in [-0.3, -0.25) is 0 Å². The minimum atomic E-state index is -6.41. The van der Waals surface area contributed by atoms with Crippen molar-refractivity contribution in [1.29, 1.82) is 0 Å². The van der Waals surface area contributed by atoms with Crippen LogP contribution < -0.4 is 0 Å². The van der Waals surface area contributed by atoms with Crippen molar-refractivity contribution in [3.05, 3.63) is 34.9 Å². The summed E-state index contributed by atoms with van der Waals surface area (Å²) in [4.78, 5) is 4.60. The van der Waals surface area contributed by atoms with Gasteiger partial charge in [0.05, 0.1) is 35.2 Å². The molecule has 0 spiro atoms. The summed E-state index contributed by atoms with van der Waals surface area (Å²) < 4.78 is 182. The average Bonchev–Trinajstić information content (AvgIpc) is 3.82. The summed E-state index contributed by atoms with van der Waals surface area (Å²) in [6, 6.07) is 0. The van der Waals surface area contributed by atoms with Crippen LogP contribution in [0.25, 0.3) is 0 Å². The van der Waals surface area contributed by atoms with Gasteiger partial charge in [0.2, 0.25) is 0 Å². The summed E-state index contributed by atoms with van der Waals surface area (Å²) in [7, 11) is 8.65. The summed E-state index contributed by atoms with van der Waals surface area (Å²) in [5.41, 5.74) is 0.00819. The molecular weight excluding hydrogens is 933 g/mol. The standard InChI is InChI=1S/C6H12N4.C5H3F7N4.C5H8N4.C4H3F5N4.C3H3F3N4.C3H6N4/c1-6(2,3)5-7-9-10(4)8-5;1-16-14-2(13-15-16)3(6,7)4(8,9)5(10,11)12;1-9-7-5(6-8-9)4-2-3-4;1-13-11-2(10-12-13)3(5,6)4(7,8)9;1-10-8-2(7-9-10)3(4,5)6;1-3-4-5-6-7(3)2/h1-4H3;1H3;4H,2-3H2,1H3;1H3;1H3;1-2H3. The van der Waals surface area contributed by atoms with Gasteiger partial charge in [0, 0.05) is 18.4 Å². The molecule has 1 aliphatic rings. The molecule has 7 rings (SSSR count). The second-order valence-corrected chi connectivity index (χ2v) is 13.6. The van der Waals surface area contributed by atoms with E-state index in [0.29, 0.717) is 15.5 Å². The SMILES string of the molecule is Cc1nnnn1C.Cn1nnc(C(C)(C)C)n1.Cn1nnc(C(F)(F)C(F)(F)C(F)(F)F)n1.Cn1nnc(C(F)(F)C(F)(F)F)n1.Cn1nnc(C(F)(F)F)n1.Cn1nnc(C2CC2)n1. The van der Waals surface area contributed by atoms with Crippen molar-refractivity contribution in [1.82, 2.24) is 121 Å². The van der Waals surface area contributed by atoms with Gasteiger partial charge in [0.15, 0.2) is 11.6 Å². The van der Waals surface area contributed by atoms with E-state index in [2.05, 4.69) is 113 Å². The van der Waals surface area contributed by atoms with E-state index in [-0.39, 0.29) is 5.41 Å². The number of nitrogens with zero attached hydrogens (tertiary/aromatic N) is 24. The Morgan fingerprint density at radius 2 is 0.800 bits per heavy atom. The molecule has 1 fully saturated rings. The molecule has 0 saturated heterocycles. The molecule has 39 heteroatoms. The van der Waals surface area contributed by atoms with E-state index in [4.69, 9.17) is 0 Å². The predicted molar refractivity (Wildman–Crippen MR) is 178 cm³/mol. The first kappa shape index (κ1) is 54.5. The van der Waals surface area contributed by atoms with Crippen LogP contribution in [0, 0.1) is 6.92 Å². The lowest BCUT2D eigenvalue weighted by molar-refractivity contribution is -0.361. The number of aryl methyl sites for hydroxylation is 7. The van der Waals surface area contributed by atoms with Crippen LogP contribution in [0.2, 0.25) is 0 Å². The van der Waals surface area contributed by atoms with Crippen LogP contribution in [-0.4, -0.2) is 140 Å². The van der Waals surface area contributed by atoms with Crippen molar-refractivity contribution in [3.63, 3.8) is 0 Å². The van der Waals surface area contributed by atoms with Crippen molar-refractivity contribution >= 4 is 0 Å². The Balaban J connectivity index is 0.000000273. The maximum Gasteiger partial charge on any atom is 0.461 e. The van der Waals surface area contributed by atoms with E-state index in [9.17, 15) is 65.9 Å². The normalized spacial score (nSPS) is 13.4. The minimum Gasteiger partial charge on any atom is -0.233 e. The highest BCUT2D eigenvalue weighted by atomic mass is 19.4. The highest BCUT2D eigenvalue weighted by Crippen LogP contribution is 2.50. The molecule has 65 heavy (non-hydrogen) atoms. The highest BCUT2D eigenvalue weighted by molar-refractivity contribution is 5.03. The fourth-order valence-electron chi connectivity index (χ4n) is 3.32. The number of halogens is 15. The largest absolute Gasteiger partial charge is 0.461 e. The second kappa shape index (κ2) is 20.5. The van der Waals surface area contributed by atoms with Crippen LogP contribution in [0.1, 0.15) is 74.5 Å². The maximum atomic E-state index is 12.8. The number of hydrogen-bond acceptors (Lipinski definition) is 18. The first-order valence-corrected chi connectivity index (χ1v) is 17.2. The topological polar surface area (TPSA) is 262 Å². The van der Waals surface area contributed by atoms with E-state index in [1.807, 2.05) is 6.92 Å². The lowest BCUT2D eigenvalue weighted by atomic mass is 9.96. The van der Waals surface area contributed by atoms with E-state index < -0.39 is 53.8 Å². The van der Waals surface area contributed by atoms with Gasteiger partial charge >= 0.3 is 36.3 Å². The summed E-state index contributed by atoms with van der Waals surface area (Å²) in [6.07, 6.45) is -14.1. The molecule has 6 aromatic rings. The van der Waals surface area contributed by atoms with E-state index in [1.165, 1.54) is 29.5 Å². The quantitative estimate of drug-likeness (QED) is 0.230. The van der Waals surface area contributed by atoms with Gasteiger partial charge in [-0.15, -0.1) is 56.1 Å². The molecule has 0 unspecified atom stereocenters. The van der Waals surface area contributed by atoms with Gasteiger partial charge < -0.3 is 0 Å². The Labute approximate surface area is 352 Å². The molecule has 0 aromatic carbocycles. The smallest absolute Gasteiger partial charge is 0.233 e. The van der Waals surface area contributed by atoms with Crippen LogP contribution in [0.4, 0.5) is 65.9 Å². The monoisotopic (exact) mass is 968 g/mol. The summed E-state index contributed by atoms with van der Waals surface area (Å²) in [5, 5.41) is 58.7. The molecule has 1 aliphatic carbocycles. The van der Waals surface area contributed by atoms with E-state index in [1.54, 1.807) is 25.8 Å². The van der Waals surface area contributed by atoms with E-state index >= 15 is 0 Å². The van der Waals surface area contributed by atoms with Crippen LogP contribution in [-0.2, 0) is 65.7 Å². The highest BCUT2D eigenvalue weighted by Gasteiger charge is 2.75.